The third-order valence-electron chi connectivity index (χ3n) is 9.78. The van der Waals surface area contributed by atoms with Gasteiger partial charge in [0.2, 0.25) is 5.91 Å². The normalized spacial score (nSPS) is 13.9. The van der Waals surface area contributed by atoms with Gasteiger partial charge in [-0.2, -0.15) is 0 Å². The van der Waals surface area contributed by atoms with E-state index in [1.54, 1.807) is 6.08 Å². The van der Waals surface area contributed by atoms with Crippen molar-refractivity contribution in [3.63, 3.8) is 0 Å². The maximum atomic E-state index is 12.4. The van der Waals surface area contributed by atoms with Crippen LogP contribution in [0.3, 0.4) is 0 Å². The van der Waals surface area contributed by atoms with Crippen LogP contribution in [0.4, 0.5) is 0 Å². The number of carbonyl (C=O) groups is 1. The van der Waals surface area contributed by atoms with Gasteiger partial charge in [-0.05, 0) is 25.7 Å². The molecule has 284 valence electrons. The Labute approximate surface area is 299 Å². The molecule has 0 heterocycles. The minimum absolute atomic E-state index is 0.0689. The van der Waals surface area contributed by atoms with E-state index < -0.39 is 18.2 Å². The number of nitrogens with one attached hydrogen (secondary N) is 1. The molecule has 0 aromatic carbocycles. The van der Waals surface area contributed by atoms with Crippen molar-refractivity contribution in [3.8, 4) is 0 Å². The summed E-state index contributed by atoms with van der Waals surface area (Å²) in [6.07, 6.45) is 46.0. The average molecular weight is 678 g/mol. The maximum Gasteiger partial charge on any atom is 0.223 e. The van der Waals surface area contributed by atoms with Gasteiger partial charge in [0.25, 0.3) is 0 Å². The van der Waals surface area contributed by atoms with E-state index in [9.17, 15) is 20.1 Å². The van der Waals surface area contributed by atoms with E-state index >= 15 is 0 Å². The van der Waals surface area contributed by atoms with Crippen LogP contribution in [0.25, 0.3) is 0 Å². The molecule has 3 unspecified atom stereocenters. The second kappa shape index (κ2) is 38.6. The van der Waals surface area contributed by atoms with E-state index in [4.69, 9.17) is 0 Å². The van der Waals surface area contributed by atoms with Crippen LogP contribution in [0.1, 0.15) is 219 Å². The minimum atomic E-state index is -0.868. The second-order valence-corrected chi connectivity index (χ2v) is 14.6. The zero-order valence-corrected chi connectivity index (χ0v) is 32.1. The van der Waals surface area contributed by atoms with Crippen LogP contribution in [0.15, 0.2) is 24.3 Å². The van der Waals surface area contributed by atoms with E-state index in [1.807, 2.05) is 6.08 Å². The van der Waals surface area contributed by atoms with Crippen LogP contribution in [0, 0.1) is 0 Å². The number of rotatable bonds is 38. The van der Waals surface area contributed by atoms with Gasteiger partial charge in [-0.3, -0.25) is 4.79 Å². The maximum absolute atomic E-state index is 12.4. The van der Waals surface area contributed by atoms with Crippen molar-refractivity contribution in [2.75, 3.05) is 6.61 Å². The molecule has 0 radical (unpaired) electrons. The van der Waals surface area contributed by atoms with Crippen molar-refractivity contribution in [1.29, 1.82) is 0 Å². The molecule has 5 heteroatoms. The second-order valence-electron chi connectivity index (χ2n) is 14.6. The Hall–Kier alpha value is -1.17. The topological polar surface area (TPSA) is 89.8 Å². The van der Waals surface area contributed by atoms with Crippen molar-refractivity contribution in [2.45, 2.75) is 238 Å². The number of hydrogen-bond donors (Lipinski definition) is 4. The summed E-state index contributed by atoms with van der Waals surface area (Å²) in [4.78, 5) is 12.4. The van der Waals surface area contributed by atoms with Crippen LogP contribution in [0.5, 0.6) is 0 Å². The first-order valence-electron chi connectivity index (χ1n) is 21.1. The summed E-state index contributed by atoms with van der Waals surface area (Å²) >= 11 is 0. The summed E-state index contributed by atoms with van der Waals surface area (Å²) in [5, 5.41) is 33.1. The van der Waals surface area contributed by atoms with Gasteiger partial charge in [-0.15, -0.1) is 0 Å². The molecule has 0 fully saturated rings. The van der Waals surface area contributed by atoms with Gasteiger partial charge >= 0.3 is 0 Å². The fourth-order valence-corrected chi connectivity index (χ4v) is 6.52. The molecule has 0 spiro atoms. The highest BCUT2D eigenvalue weighted by atomic mass is 16.3. The highest BCUT2D eigenvalue weighted by Gasteiger charge is 2.21. The minimum Gasteiger partial charge on any atom is -0.394 e. The number of carbonyl (C=O) groups excluding carboxylic acids is 1. The van der Waals surface area contributed by atoms with Gasteiger partial charge in [0.05, 0.1) is 31.3 Å². The molecule has 0 aliphatic rings. The number of aliphatic hydroxyl groups excluding tert-OH is 3. The number of aliphatic hydroxyl groups is 3. The first-order chi connectivity index (χ1) is 23.5. The smallest absolute Gasteiger partial charge is 0.223 e. The number of unbranched alkanes of at least 4 members (excludes halogenated alkanes) is 27. The number of hydrogen-bond acceptors (Lipinski definition) is 4. The van der Waals surface area contributed by atoms with Gasteiger partial charge in [0.15, 0.2) is 0 Å². The SMILES string of the molecule is CCCCCCCC/C=C\C/C=C\C(O)CC(=O)NC(CO)C(O)CCCCCCCCCCCCCCCCCCCCCCCC. The monoisotopic (exact) mass is 678 g/mol. The standard InChI is InChI=1S/C43H83NO4/c1-3-5-7-9-11-13-15-16-17-18-19-20-21-22-23-24-25-27-29-31-33-35-37-42(47)41(39-45)44-43(48)38-40(46)36-34-32-30-28-26-14-12-10-8-6-4-2/h28,30,34,36,40-42,45-47H,3-27,29,31-33,35,37-39H2,1-2H3,(H,44,48)/b30-28-,36-34-. The highest BCUT2D eigenvalue weighted by Crippen LogP contribution is 2.16. The Morgan fingerprint density at radius 2 is 0.938 bits per heavy atom. The molecule has 3 atom stereocenters. The highest BCUT2D eigenvalue weighted by molar-refractivity contribution is 5.77. The Balaban J connectivity index is 3.63. The van der Waals surface area contributed by atoms with Crippen molar-refractivity contribution >= 4 is 5.91 Å². The largest absolute Gasteiger partial charge is 0.394 e. The number of amides is 1. The molecule has 0 rings (SSSR count). The molecular weight excluding hydrogens is 594 g/mol. The Kier molecular flexibility index (Phi) is 37.7. The van der Waals surface area contributed by atoms with E-state index in [1.165, 1.54) is 167 Å². The van der Waals surface area contributed by atoms with E-state index in [0.29, 0.717) is 6.42 Å². The summed E-state index contributed by atoms with van der Waals surface area (Å²) < 4.78 is 0. The van der Waals surface area contributed by atoms with Crippen LogP contribution in [0.2, 0.25) is 0 Å². The lowest BCUT2D eigenvalue weighted by Crippen LogP contribution is -2.46. The lowest BCUT2D eigenvalue weighted by atomic mass is 10.0. The number of allylic oxidation sites excluding steroid dienone is 3. The molecular formula is C43H83NO4. The van der Waals surface area contributed by atoms with Gasteiger partial charge in [0, 0.05) is 0 Å². The Morgan fingerprint density at radius 3 is 1.35 bits per heavy atom. The molecule has 0 bridgehead atoms. The molecule has 1 amide bonds. The lowest BCUT2D eigenvalue weighted by molar-refractivity contribution is -0.124. The average Bonchev–Trinajstić information content (AvgIpc) is 3.08. The predicted octanol–water partition coefficient (Wildman–Crippen LogP) is 11.8. The molecule has 0 aromatic heterocycles. The van der Waals surface area contributed by atoms with Gasteiger partial charge in [-0.1, -0.05) is 212 Å². The molecule has 0 saturated heterocycles. The van der Waals surface area contributed by atoms with Crippen molar-refractivity contribution < 1.29 is 20.1 Å². The van der Waals surface area contributed by atoms with Crippen LogP contribution >= 0.6 is 0 Å². The van der Waals surface area contributed by atoms with Crippen LogP contribution in [-0.4, -0.2) is 46.1 Å². The first kappa shape index (κ1) is 46.8. The first-order valence-corrected chi connectivity index (χ1v) is 21.1. The summed E-state index contributed by atoms with van der Waals surface area (Å²) in [5.41, 5.74) is 0. The molecule has 0 aliphatic carbocycles. The van der Waals surface area contributed by atoms with Gasteiger partial charge < -0.3 is 20.6 Å². The van der Waals surface area contributed by atoms with E-state index in [0.717, 1.165) is 25.7 Å². The molecule has 48 heavy (non-hydrogen) atoms. The Morgan fingerprint density at radius 1 is 0.542 bits per heavy atom. The summed E-state index contributed by atoms with van der Waals surface area (Å²) in [5.74, 6) is -0.349. The quantitative estimate of drug-likeness (QED) is 0.0387. The molecule has 0 aliphatic heterocycles. The van der Waals surface area contributed by atoms with Crippen molar-refractivity contribution in [2.24, 2.45) is 0 Å². The van der Waals surface area contributed by atoms with Crippen LogP contribution < -0.4 is 5.32 Å². The molecule has 0 aromatic rings. The third kappa shape index (κ3) is 34.7. The molecule has 5 nitrogen and oxygen atoms in total. The Bertz CT molecular complexity index is 709. The predicted molar refractivity (Wildman–Crippen MR) is 208 cm³/mol. The van der Waals surface area contributed by atoms with E-state index in [2.05, 4.69) is 31.3 Å². The van der Waals surface area contributed by atoms with Crippen molar-refractivity contribution in [1.82, 2.24) is 5.32 Å². The molecule has 0 saturated carbocycles. The summed E-state index contributed by atoms with van der Waals surface area (Å²) in [7, 11) is 0. The lowest BCUT2D eigenvalue weighted by Gasteiger charge is -2.22. The van der Waals surface area contributed by atoms with Crippen LogP contribution in [-0.2, 0) is 4.79 Å². The molecule has 4 N–H and O–H groups in total. The summed E-state index contributed by atoms with van der Waals surface area (Å²) in [6, 6.07) is -0.687. The van der Waals surface area contributed by atoms with Gasteiger partial charge in [0.1, 0.15) is 0 Å². The zero-order valence-electron chi connectivity index (χ0n) is 32.1. The fraction of sp³-hybridized carbons (Fsp3) is 0.884. The van der Waals surface area contributed by atoms with E-state index in [-0.39, 0.29) is 18.9 Å². The fourth-order valence-electron chi connectivity index (χ4n) is 6.52. The third-order valence-corrected chi connectivity index (χ3v) is 9.78. The zero-order chi connectivity index (χ0) is 35.2. The van der Waals surface area contributed by atoms with Crippen molar-refractivity contribution in [3.05, 3.63) is 24.3 Å². The van der Waals surface area contributed by atoms with Gasteiger partial charge in [-0.25, -0.2) is 0 Å². The summed E-state index contributed by atoms with van der Waals surface area (Å²) in [6.45, 7) is 4.22.